The molecule has 0 saturated carbocycles. The Morgan fingerprint density at radius 2 is 0.984 bits per heavy atom. The zero-order valence-electron chi connectivity index (χ0n) is 34.7. The third-order valence-electron chi connectivity index (χ3n) is 12.8. The Bertz CT molecular complexity index is 3860. The van der Waals surface area contributed by atoms with Crippen molar-refractivity contribution in [1.29, 1.82) is 0 Å². The fraction of sp³-hybridized carbons (Fsp3) is 0. The molecule has 0 atom stereocenters. The molecule has 0 aliphatic carbocycles. The van der Waals surface area contributed by atoms with Gasteiger partial charge >= 0.3 is 0 Å². The van der Waals surface area contributed by atoms with Gasteiger partial charge < -0.3 is 13.9 Å². The second kappa shape index (κ2) is 14.7. The fourth-order valence-electron chi connectivity index (χ4n) is 9.88. The normalized spacial score (nSPS) is 11.8. The Kier molecular flexibility index (Phi) is 8.40. The van der Waals surface area contributed by atoms with Crippen molar-refractivity contribution in [3.8, 4) is 39.1 Å². The van der Waals surface area contributed by atoms with E-state index in [1.165, 1.54) is 58.7 Å². The predicted molar refractivity (Wildman–Crippen MR) is 272 cm³/mol. The van der Waals surface area contributed by atoms with Crippen LogP contribution in [0.15, 0.2) is 235 Å². The van der Waals surface area contributed by atoms with Crippen LogP contribution in [0, 0.1) is 0 Å². The molecular weight excluding hydrogens is 797 g/mol. The highest BCUT2D eigenvalue weighted by molar-refractivity contribution is 7.26. The summed E-state index contributed by atoms with van der Waals surface area (Å²) < 4.78 is 11.6. The maximum atomic E-state index is 6.70. The highest BCUT2D eigenvalue weighted by atomic mass is 32.1. The smallest absolute Gasteiger partial charge is 0.143 e. The Morgan fingerprint density at radius 1 is 0.375 bits per heavy atom. The van der Waals surface area contributed by atoms with Crippen molar-refractivity contribution in [3.05, 3.63) is 231 Å². The number of furan rings is 1. The first-order valence-electron chi connectivity index (χ1n) is 21.7. The highest BCUT2D eigenvalue weighted by Crippen LogP contribution is 2.49. The van der Waals surface area contributed by atoms with Crippen molar-refractivity contribution in [2.45, 2.75) is 0 Å². The lowest BCUT2D eigenvalue weighted by atomic mass is 9.97. The van der Waals surface area contributed by atoms with Crippen LogP contribution in [0.3, 0.4) is 0 Å². The average Bonchev–Trinajstić information content (AvgIpc) is 4.05. The third kappa shape index (κ3) is 5.81. The zero-order chi connectivity index (χ0) is 42.1. The van der Waals surface area contributed by atoms with Crippen molar-refractivity contribution in [2.75, 3.05) is 4.90 Å². The average molecular weight is 835 g/mol. The molecule has 10 aromatic carbocycles. The highest BCUT2D eigenvalue weighted by Gasteiger charge is 2.23. The fourth-order valence-corrected chi connectivity index (χ4v) is 11.1. The lowest BCUT2D eigenvalue weighted by Gasteiger charge is -2.29. The second-order valence-electron chi connectivity index (χ2n) is 16.4. The summed E-state index contributed by atoms with van der Waals surface area (Å²) in [5.41, 5.74) is 15.4. The van der Waals surface area contributed by atoms with E-state index in [9.17, 15) is 0 Å². The van der Waals surface area contributed by atoms with Crippen LogP contribution in [0.2, 0.25) is 0 Å². The van der Waals surface area contributed by atoms with E-state index in [0.29, 0.717) is 0 Å². The van der Waals surface area contributed by atoms with Gasteiger partial charge in [-0.3, -0.25) is 0 Å². The van der Waals surface area contributed by atoms with Crippen LogP contribution in [0.1, 0.15) is 0 Å². The summed E-state index contributed by atoms with van der Waals surface area (Å²) in [7, 11) is 0. The molecule has 64 heavy (non-hydrogen) atoms. The van der Waals surface area contributed by atoms with Gasteiger partial charge in [0.2, 0.25) is 0 Å². The minimum atomic E-state index is 0.886. The predicted octanol–water partition coefficient (Wildman–Crippen LogP) is 17.5. The third-order valence-corrected chi connectivity index (χ3v) is 14.0. The molecule has 3 nitrogen and oxygen atoms in total. The van der Waals surface area contributed by atoms with Crippen molar-refractivity contribution in [1.82, 2.24) is 4.57 Å². The molecule has 0 spiro atoms. The Morgan fingerprint density at radius 3 is 1.80 bits per heavy atom. The Balaban J connectivity index is 1.07. The van der Waals surface area contributed by atoms with E-state index in [4.69, 9.17) is 4.42 Å². The standard InChI is InChI=1S/C60H38N2OS/c1-2-16-39(17-3-1)40-32-34-42(35-33-40)61(54-27-9-6-22-47(54)50-25-15-26-51-48-23-7-12-30-57(48)63-59(50)51)44-37-52(60-53(38-44)49-24-8-13-31-58(49)64-60)41-18-14-19-43(36-41)62-55-28-10-4-20-45(55)46-21-5-11-29-56(46)62/h1-38H. The van der Waals surface area contributed by atoms with Gasteiger partial charge in [-0.15, -0.1) is 11.3 Å². The van der Waals surface area contributed by atoms with Crippen molar-refractivity contribution < 1.29 is 4.42 Å². The summed E-state index contributed by atoms with van der Waals surface area (Å²) >= 11 is 1.87. The molecule has 0 amide bonds. The van der Waals surface area contributed by atoms with Crippen LogP contribution in [-0.2, 0) is 0 Å². The Hall–Kier alpha value is -8.18. The second-order valence-corrected chi connectivity index (χ2v) is 17.5. The summed E-state index contributed by atoms with van der Waals surface area (Å²) in [6, 6.07) is 83.5. The first kappa shape index (κ1) is 36.5. The summed E-state index contributed by atoms with van der Waals surface area (Å²) in [6.45, 7) is 0. The van der Waals surface area contributed by atoms with Crippen LogP contribution in [0.5, 0.6) is 0 Å². The van der Waals surface area contributed by atoms with Crippen molar-refractivity contribution >= 4 is 92.3 Å². The molecular formula is C60H38N2OS. The number of para-hydroxylation sites is 5. The molecule has 0 fully saturated rings. The Labute approximate surface area is 373 Å². The molecule has 0 aliphatic rings. The SMILES string of the molecule is c1ccc(-c2ccc(N(c3cc(-c4cccc(-n5c6ccccc6c6ccccc65)c4)c4sc5ccccc5c4c3)c3ccccc3-c3cccc4c3oc3ccccc34)cc2)cc1. The summed E-state index contributed by atoms with van der Waals surface area (Å²) in [5.74, 6) is 0. The van der Waals surface area contributed by atoms with Gasteiger partial charge in [0, 0.05) is 75.5 Å². The molecule has 3 heterocycles. The number of hydrogen-bond acceptors (Lipinski definition) is 3. The van der Waals surface area contributed by atoms with E-state index < -0.39 is 0 Å². The molecule has 3 aromatic heterocycles. The van der Waals surface area contributed by atoms with Crippen LogP contribution in [0.4, 0.5) is 17.1 Å². The van der Waals surface area contributed by atoms with Crippen LogP contribution in [-0.4, -0.2) is 4.57 Å². The molecule has 0 unspecified atom stereocenters. The molecule has 0 saturated heterocycles. The maximum Gasteiger partial charge on any atom is 0.143 e. The minimum absolute atomic E-state index is 0.886. The van der Waals surface area contributed by atoms with E-state index in [-0.39, 0.29) is 0 Å². The van der Waals surface area contributed by atoms with Gasteiger partial charge in [0.1, 0.15) is 11.2 Å². The number of fused-ring (bicyclic) bond motifs is 9. The maximum absolute atomic E-state index is 6.70. The van der Waals surface area contributed by atoms with E-state index in [0.717, 1.165) is 61.4 Å². The molecule has 0 N–H and O–H groups in total. The van der Waals surface area contributed by atoms with Gasteiger partial charge in [0.15, 0.2) is 0 Å². The number of benzene rings is 10. The van der Waals surface area contributed by atoms with Crippen LogP contribution >= 0.6 is 11.3 Å². The molecule has 13 rings (SSSR count). The first-order valence-corrected chi connectivity index (χ1v) is 22.6. The number of rotatable bonds is 7. The minimum Gasteiger partial charge on any atom is -0.455 e. The van der Waals surface area contributed by atoms with Crippen molar-refractivity contribution in [2.24, 2.45) is 0 Å². The number of thiophene rings is 1. The summed E-state index contributed by atoms with van der Waals surface area (Å²) in [4.78, 5) is 2.44. The van der Waals surface area contributed by atoms with Gasteiger partial charge in [-0.2, -0.15) is 0 Å². The molecule has 13 aromatic rings. The first-order chi connectivity index (χ1) is 31.7. The number of anilines is 3. The molecule has 0 aliphatic heterocycles. The topological polar surface area (TPSA) is 21.3 Å². The summed E-state index contributed by atoms with van der Waals surface area (Å²) in [6.07, 6.45) is 0. The number of aromatic nitrogens is 1. The number of hydrogen-bond donors (Lipinski definition) is 0. The van der Waals surface area contributed by atoms with Gasteiger partial charge in [0.25, 0.3) is 0 Å². The van der Waals surface area contributed by atoms with E-state index in [2.05, 4.69) is 234 Å². The lowest BCUT2D eigenvalue weighted by Crippen LogP contribution is -2.11. The number of nitrogens with zero attached hydrogens (tertiary/aromatic N) is 2. The van der Waals surface area contributed by atoms with E-state index in [1.807, 2.05) is 17.4 Å². The summed E-state index contributed by atoms with van der Waals surface area (Å²) in [5, 5.41) is 7.22. The van der Waals surface area contributed by atoms with Crippen LogP contribution < -0.4 is 4.90 Å². The molecule has 300 valence electrons. The lowest BCUT2D eigenvalue weighted by molar-refractivity contribution is 0.670. The van der Waals surface area contributed by atoms with Gasteiger partial charge in [-0.05, 0) is 83.4 Å². The van der Waals surface area contributed by atoms with Crippen LogP contribution in [0.25, 0.3) is 103 Å². The van der Waals surface area contributed by atoms with Gasteiger partial charge in [-0.25, -0.2) is 0 Å². The molecule has 0 bridgehead atoms. The van der Waals surface area contributed by atoms with E-state index in [1.54, 1.807) is 0 Å². The van der Waals surface area contributed by atoms with Gasteiger partial charge in [0.05, 0.1) is 16.7 Å². The molecule has 4 heteroatoms. The van der Waals surface area contributed by atoms with Crippen molar-refractivity contribution in [3.63, 3.8) is 0 Å². The monoisotopic (exact) mass is 834 g/mol. The molecule has 0 radical (unpaired) electrons. The van der Waals surface area contributed by atoms with Gasteiger partial charge in [-0.1, -0.05) is 164 Å². The largest absolute Gasteiger partial charge is 0.455 e. The quantitative estimate of drug-likeness (QED) is 0.159. The zero-order valence-corrected chi connectivity index (χ0v) is 35.5. The van der Waals surface area contributed by atoms with E-state index >= 15 is 0 Å².